The Hall–Kier alpha value is -1.14. The summed E-state index contributed by atoms with van der Waals surface area (Å²) in [6.45, 7) is 3.28. The van der Waals surface area contributed by atoms with E-state index in [0.29, 0.717) is 26.1 Å². The summed E-state index contributed by atoms with van der Waals surface area (Å²) in [6.07, 6.45) is 0.345. The lowest BCUT2D eigenvalue weighted by atomic mass is 10.1. The van der Waals surface area contributed by atoms with Crippen molar-refractivity contribution >= 4 is 11.8 Å². The molecule has 2 heterocycles. The number of amides is 2. The molecule has 6 heteroatoms. The van der Waals surface area contributed by atoms with Crippen molar-refractivity contribution in [1.82, 2.24) is 16.0 Å². The Kier molecular flexibility index (Phi) is 3.74. The largest absolute Gasteiger partial charge is 0.374 e. The summed E-state index contributed by atoms with van der Waals surface area (Å²) in [6, 6.07) is 0. The Morgan fingerprint density at radius 3 is 3.00 bits per heavy atom. The van der Waals surface area contributed by atoms with Gasteiger partial charge in [0.25, 0.3) is 0 Å². The Morgan fingerprint density at radius 1 is 1.50 bits per heavy atom. The number of morpholine rings is 1. The second-order valence-corrected chi connectivity index (χ2v) is 4.15. The van der Waals surface area contributed by atoms with E-state index in [0.717, 1.165) is 13.1 Å². The molecule has 2 rings (SSSR count). The molecule has 0 aromatic carbocycles. The van der Waals surface area contributed by atoms with Crippen molar-refractivity contribution < 1.29 is 14.3 Å². The number of carbonyl (C=O) groups is 2. The summed E-state index contributed by atoms with van der Waals surface area (Å²) in [7, 11) is 0. The number of carbonyl (C=O) groups excluding carboxylic acids is 2. The van der Waals surface area contributed by atoms with E-state index in [-0.39, 0.29) is 23.8 Å². The van der Waals surface area contributed by atoms with Crippen molar-refractivity contribution in [2.45, 2.75) is 12.5 Å². The fourth-order valence-electron chi connectivity index (χ4n) is 1.90. The smallest absolute Gasteiger partial charge is 0.225 e. The van der Waals surface area contributed by atoms with Crippen LogP contribution in [0.3, 0.4) is 0 Å². The van der Waals surface area contributed by atoms with Gasteiger partial charge in [0.05, 0.1) is 18.6 Å². The molecule has 0 radical (unpaired) electrons. The Labute approximate surface area is 94.1 Å². The summed E-state index contributed by atoms with van der Waals surface area (Å²) >= 11 is 0. The van der Waals surface area contributed by atoms with Gasteiger partial charge in [0.15, 0.2) is 0 Å². The number of nitrogens with one attached hydrogen (secondary N) is 3. The Morgan fingerprint density at radius 2 is 2.38 bits per heavy atom. The first-order chi connectivity index (χ1) is 7.75. The zero-order valence-electron chi connectivity index (χ0n) is 9.12. The average molecular weight is 227 g/mol. The first-order valence-corrected chi connectivity index (χ1v) is 5.62. The summed E-state index contributed by atoms with van der Waals surface area (Å²) < 4.78 is 5.45. The molecule has 2 aliphatic rings. The van der Waals surface area contributed by atoms with Crippen molar-refractivity contribution in [1.29, 1.82) is 0 Å². The van der Waals surface area contributed by atoms with E-state index in [1.54, 1.807) is 0 Å². The third kappa shape index (κ3) is 2.93. The van der Waals surface area contributed by atoms with E-state index in [1.807, 2.05) is 0 Å². The van der Waals surface area contributed by atoms with Gasteiger partial charge in [-0.1, -0.05) is 0 Å². The molecule has 90 valence electrons. The van der Waals surface area contributed by atoms with Crippen molar-refractivity contribution in [3.8, 4) is 0 Å². The maximum atomic E-state index is 11.7. The van der Waals surface area contributed by atoms with Gasteiger partial charge in [-0.2, -0.15) is 0 Å². The van der Waals surface area contributed by atoms with E-state index >= 15 is 0 Å². The van der Waals surface area contributed by atoms with Gasteiger partial charge < -0.3 is 20.7 Å². The number of hydrogen-bond donors (Lipinski definition) is 3. The van der Waals surface area contributed by atoms with Gasteiger partial charge in [-0.05, 0) is 0 Å². The summed E-state index contributed by atoms with van der Waals surface area (Å²) in [5, 5.41) is 8.66. The molecule has 16 heavy (non-hydrogen) atoms. The van der Waals surface area contributed by atoms with E-state index in [4.69, 9.17) is 4.74 Å². The molecule has 2 saturated heterocycles. The van der Waals surface area contributed by atoms with Crippen LogP contribution in [0.4, 0.5) is 0 Å². The molecule has 3 N–H and O–H groups in total. The van der Waals surface area contributed by atoms with Gasteiger partial charge >= 0.3 is 0 Å². The molecule has 2 unspecified atom stereocenters. The number of ether oxygens (including phenoxy) is 1. The lowest BCUT2D eigenvalue weighted by Crippen LogP contribution is -2.46. The molecule has 2 aliphatic heterocycles. The predicted octanol–water partition coefficient (Wildman–Crippen LogP) is -1.77. The third-order valence-corrected chi connectivity index (χ3v) is 2.86. The van der Waals surface area contributed by atoms with Gasteiger partial charge in [-0.3, -0.25) is 9.59 Å². The fourth-order valence-corrected chi connectivity index (χ4v) is 1.90. The minimum atomic E-state index is -0.218. The molecule has 0 aliphatic carbocycles. The van der Waals surface area contributed by atoms with Crippen LogP contribution in [0.25, 0.3) is 0 Å². The zero-order valence-corrected chi connectivity index (χ0v) is 9.12. The summed E-state index contributed by atoms with van der Waals surface area (Å²) in [5.74, 6) is -0.327. The lowest BCUT2D eigenvalue weighted by Gasteiger charge is -2.24. The van der Waals surface area contributed by atoms with Crippen LogP contribution in [0.15, 0.2) is 0 Å². The second-order valence-electron chi connectivity index (χ2n) is 4.15. The number of hydrogen-bond acceptors (Lipinski definition) is 4. The van der Waals surface area contributed by atoms with E-state index in [1.165, 1.54) is 0 Å². The molecule has 2 fully saturated rings. The van der Waals surface area contributed by atoms with Gasteiger partial charge in [-0.25, -0.2) is 0 Å². The molecular weight excluding hydrogens is 210 g/mol. The minimum Gasteiger partial charge on any atom is -0.374 e. The van der Waals surface area contributed by atoms with Gasteiger partial charge in [0, 0.05) is 32.6 Å². The average Bonchev–Trinajstić information content (AvgIpc) is 2.74. The predicted molar refractivity (Wildman–Crippen MR) is 56.7 cm³/mol. The van der Waals surface area contributed by atoms with Crippen LogP contribution in [0.2, 0.25) is 0 Å². The van der Waals surface area contributed by atoms with Crippen LogP contribution in [-0.2, 0) is 14.3 Å². The van der Waals surface area contributed by atoms with Crippen molar-refractivity contribution in [2.75, 3.05) is 32.8 Å². The van der Waals surface area contributed by atoms with Crippen LogP contribution >= 0.6 is 0 Å². The first-order valence-electron chi connectivity index (χ1n) is 5.62. The summed E-state index contributed by atoms with van der Waals surface area (Å²) in [4.78, 5) is 22.6. The molecule has 6 nitrogen and oxygen atoms in total. The number of rotatable bonds is 3. The first kappa shape index (κ1) is 11.3. The maximum absolute atomic E-state index is 11.7. The van der Waals surface area contributed by atoms with Crippen LogP contribution in [0, 0.1) is 5.92 Å². The van der Waals surface area contributed by atoms with Crippen LogP contribution < -0.4 is 16.0 Å². The highest BCUT2D eigenvalue weighted by Gasteiger charge is 2.28. The highest BCUT2D eigenvalue weighted by molar-refractivity contribution is 5.89. The quantitative estimate of drug-likeness (QED) is 0.533. The molecule has 0 saturated carbocycles. The van der Waals surface area contributed by atoms with E-state index in [2.05, 4.69) is 16.0 Å². The van der Waals surface area contributed by atoms with E-state index in [9.17, 15) is 9.59 Å². The Balaban J connectivity index is 1.68. The van der Waals surface area contributed by atoms with Gasteiger partial charge in [0.1, 0.15) is 0 Å². The van der Waals surface area contributed by atoms with Crippen molar-refractivity contribution in [2.24, 2.45) is 5.92 Å². The topological polar surface area (TPSA) is 79.5 Å². The molecule has 2 atom stereocenters. The highest BCUT2D eigenvalue weighted by Crippen LogP contribution is 2.08. The molecular formula is C10H17N3O3. The van der Waals surface area contributed by atoms with Crippen molar-refractivity contribution in [3.63, 3.8) is 0 Å². The third-order valence-electron chi connectivity index (χ3n) is 2.86. The lowest BCUT2D eigenvalue weighted by molar-refractivity contribution is -0.127. The molecule has 0 spiro atoms. The standard InChI is InChI=1S/C10H17N3O3/c14-9-3-7(4-12-9)10(15)13-6-8-5-11-1-2-16-8/h7-8,11H,1-6H2,(H,12,14)(H,13,15). The molecule has 2 amide bonds. The zero-order chi connectivity index (χ0) is 11.4. The second kappa shape index (κ2) is 5.27. The van der Waals surface area contributed by atoms with E-state index < -0.39 is 0 Å². The SMILES string of the molecule is O=C1CC(C(=O)NCC2CNCCO2)CN1. The Bertz CT molecular complexity index is 276. The highest BCUT2D eigenvalue weighted by atomic mass is 16.5. The summed E-state index contributed by atoms with van der Waals surface area (Å²) in [5.41, 5.74) is 0. The van der Waals surface area contributed by atoms with Gasteiger partial charge in [0.2, 0.25) is 11.8 Å². The molecule has 0 aromatic heterocycles. The monoisotopic (exact) mass is 227 g/mol. The molecule has 0 bridgehead atoms. The normalized spacial score (nSPS) is 29.9. The fraction of sp³-hybridized carbons (Fsp3) is 0.800. The van der Waals surface area contributed by atoms with Gasteiger partial charge in [-0.15, -0.1) is 0 Å². The van der Waals surface area contributed by atoms with Crippen molar-refractivity contribution in [3.05, 3.63) is 0 Å². The van der Waals surface area contributed by atoms with Crippen LogP contribution in [0.5, 0.6) is 0 Å². The maximum Gasteiger partial charge on any atom is 0.225 e. The minimum absolute atomic E-state index is 0.0442. The van der Waals surface area contributed by atoms with Crippen LogP contribution in [0.1, 0.15) is 6.42 Å². The molecule has 0 aromatic rings. The van der Waals surface area contributed by atoms with Crippen LogP contribution in [-0.4, -0.2) is 50.7 Å².